The minimum atomic E-state index is 0.588. The molecule has 0 spiro atoms. The zero-order valence-corrected chi connectivity index (χ0v) is 13.6. The van der Waals surface area contributed by atoms with E-state index >= 15 is 0 Å². The van der Waals surface area contributed by atoms with Crippen LogP contribution < -0.4 is 15.5 Å². The fraction of sp³-hybridized carbons (Fsp3) is 0.786. The lowest BCUT2D eigenvalue weighted by Gasteiger charge is -2.19. The molecule has 0 atom stereocenters. The van der Waals surface area contributed by atoms with Gasteiger partial charge in [0.15, 0.2) is 0 Å². The summed E-state index contributed by atoms with van der Waals surface area (Å²) in [5, 5.41) is 6.41. The Morgan fingerprint density at radius 1 is 0.905 bits per heavy atom. The molecule has 0 saturated heterocycles. The van der Waals surface area contributed by atoms with E-state index in [0.29, 0.717) is 37.6 Å². The zero-order valence-electron chi connectivity index (χ0n) is 13.6. The Balaban J connectivity index is 2.81. The summed E-state index contributed by atoms with van der Waals surface area (Å²) >= 11 is 0. The lowest BCUT2D eigenvalue weighted by Crippen LogP contribution is -2.26. The molecule has 2 N–H and O–H groups in total. The first-order valence-electron chi connectivity index (χ1n) is 7.81. The van der Waals surface area contributed by atoms with Gasteiger partial charge in [-0.25, -0.2) is 0 Å². The quantitative estimate of drug-likeness (QED) is 0.605. The van der Waals surface area contributed by atoms with Crippen molar-refractivity contribution in [3.05, 3.63) is 0 Å². The van der Waals surface area contributed by atoms with E-state index in [1.165, 1.54) is 0 Å². The van der Waals surface area contributed by atoms with Gasteiger partial charge in [0, 0.05) is 32.8 Å². The van der Waals surface area contributed by atoms with Crippen LogP contribution in [0, 0.1) is 0 Å². The first-order valence-corrected chi connectivity index (χ1v) is 7.81. The molecule has 0 aliphatic carbocycles. The molecule has 1 rings (SSSR count). The first-order chi connectivity index (χ1) is 10.2. The number of rotatable bonds is 11. The Labute approximate surface area is 127 Å². The van der Waals surface area contributed by atoms with Crippen molar-refractivity contribution >= 4 is 17.8 Å². The summed E-state index contributed by atoms with van der Waals surface area (Å²) in [6, 6.07) is 0. The molecule has 21 heavy (non-hydrogen) atoms. The third-order valence-corrected chi connectivity index (χ3v) is 2.94. The largest absolute Gasteiger partial charge is 0.380 e. The highest BCUT2D eigenvalue weighted by molar-refractivity contribution is 5.43. The van der Waals surface area contributed by atoms with Crippen molar-refractivity contribution in [1.82, 2.24) is 15.0 Å². The zero-order chi connectivity index (χ0) is 15.5. The molecule has 1 aromatic heterocycles. The minimum absolute atomic E-state index is 0.588. The summed E-state index contributed by atoms with van der Waals surface area (Å²) in [6.45, 7) is 12.9. The highest BCUT2D eigenvalue weighted by atomic mass is 16.5. The van der Waals surface area contributed by atoms with E-state index in [2.05, 4.69) is 51.3 Å². The molecule has 0 aromatic carbocycles. The Morgan fingerprint density at radius 3 is 2.05 bits per heavy atom. The Morgan fingerprint density at radius 2 is 1.52 bits per heavy atom. The Hall–Kier alpha value is -1.63. The fourth-order valence-corrected chi connectivity index (χ4v) is 1.79. The molecule has 0 radical (unpaired) electrons. The van der Waals surface area contributed by atoms with Crippen molar-refractivity contribution in [2.75, 3.05) is 54.9 Å². The van der Waals surface area contributed by atoms with E-state index in [0.717, 1.165) is 26.1 Å². The lowest BCUT2D eigenvalue weighted by atomic mass is 10.5. The number of ether oxygens (including phenoxy) is 1. The maximum Gasteiger partial charge on any atom is 0.231 e. The number of anilines is 3. The number of nitrogens with one attached hydrogen (secondary N) is 2. The Kier molecular flexibility index (Phi) is 8.42. The van der Waals surface area contributed by atoms with Gasteiger partial charge in [-0.15, -0.1) is 0 Å². The predicted octanol–water partition coefficient (Wildman–Crippen LogP) is 1.99. The molecular weight excluding hydrogens is 268 g/mol. The maximum atomic E-state index is 5.31. The normalized spacial score (nSPS) is 10.5. The van der Waals surface area contributed by atoms with Gasteiger partial charge in [0.2, 0.25) is 17.8 Å². The van der Waals surface area contributed by atoms with Crippen molar-refractivity contribution < 1.29 is 4.74 Å². The van der Waals surface area contributed by atoms with Crippen LogP contribution in [0.3, 0.4) is 0 Å². The van der Waals surface area contributed by atoms with E-state index in [1.54, 1.807) is 0 Å². The summed E-state index contributed by atoms with van der Waals surface area (Å²) in [5.41, 5.74) is 0. The maximum absolute atomic E-state index is 5.31. The van der Waals surface area contributed by atoms with Crippen LogP contribution in [-0.4, -0.2) is 54.3 Å². The van der Waals surface area contributed by atoms with Crippen molar-refractivity contribution in [2.45, 2.75) is 34.1 Å². The van der Waals surface area contributed by atoms with E-state index in [4.69, 9.17) is 4.74 Å². The standard InChI is InChI=1S/C14H28N6O/c1-5-9-15-12-17-13(16-10-11-21-8-4)19-14(18-12)20(6-2)7-3/h5-11H2,1-4H3,(H2,15,16,17,18,19). The summed E-state index contributed by atoms with van der Waals surface area (Å²) in [7, 11) is 0. The van der Waals surface area contributed by atoms with Crippen molar-refractivity contribution in [2.24, 2.45) is 0 Å². The second-order valence-electron chi connectivity index (χ2n) is 4.51. The molecule has 0 unspecified atom stereocenters. The van der Waals surface area contributed by atoms with Gasteiger partial charge >= 0.3 is 0 Å². The molecule has 120 valence electrons. The lowest BCUT2D eigenvalue weighted by molar-refractivity contribution is 0.158. The molecule has 0 bridgehead atoms. The summed E-state index contributed by atoms with van der Waals surface area (Å²) < 4.78 is 5.31. The van der Waals surface area contributed by atoms with Crippen LogP contribution in [0.1, 0.15) is 34.1 Å². The van der Waals surface area contributed by atoms with Gasteiger partial charge in [0.05, 0.1) is 6.61 Å². The molecule has 0 saturated carbocycles. The van der Waals surface area contributed by atoms with Crippen LogP contribution >= 0.6 is 0 Å². The summed E-state index contributed by atoms with van der Waals surface area (Å²) in [6.07, 6.45) is 1.03. The third kappa shape index (κ3) is 6.12. The SMILES string of the molecule is CCCNc1nc(NCCOCC)nc(N(CC)CC)n1. The molecular formula is C14H28N6O. The van der Waals surface area contributed by atoms with Gasteiger partial charge in [0.25, 0.3) is 0 Å². The van der Waals surface area contributed by atoms with Crippen LogP contribution in [0.4, 0.5) is 17.8 Å². The van der Waals surface area contributed by atoms with Crippen molar-refractivity contribution in [1.29, 1.82) is 0 Å². The number of aromatic nitrogens is 3. The Bertz CT molecular complexity index is 397. The van der Waals surface area contributed by atoms with Crippen LogP contribution in [0.15, 0.2) is 0 Å². The van der Waals surface area contributed by atoms with E-state index < -0.39 is 0 Å². The van der Waals surface area contributed by atoms with E-state index in [-0.39, 0.29) is 0 Å². The van der Waals surface area contributed by atoms with Crippen molar-refractivity contribution in [3.8, 4) is 0 Å². The van der Waals surface area contributed by atoms with Gasteiger partial charge in [-0.1, -0.05) is 6.92 Å². The summed E-state index contributed by atoms with van der Waals surface area (Å²) in [5.74, 6) is 1.91. The highest BCUT2D eigenvalue weighted by Gasteiger charge is 2.10. The van der Waals surface area contributed by atoms with E-state index in [9.17, 15) is 0 Å². The minimum Gasteiger partial charge on any atom is -0.380 e. The van der Waals surface area contributed by atoms with Gasteiger partial charge in [0.1, 0.15) is 0 Å². The topological polar surface area (TPSA) is 75.2 Å². The van der Waals surface area contributed by atoms with Crippen LogP contribution in [0.5, 0.6) is 0 Å². The van der Waals surface area contributed by atoms with Crippen molar-refractivity contribution in [3.63, 3.8) is 0 Å². The first kappa shape index (κ1) is 17.4. The number of hydrogen-bond donors (Lipinski definition) is 2. The second-order valence-corrected chi connectivity index (χ2v) is 4.51. The van der Waals surface area contributed by atoms with Gasteiger partial charge < -0.3 is 20.3 Å². The average Bonchev–Trinajstić information content (AvgIpc) is 2.51. The van der Waals surface area contributed by atoms with Gasteiger partial charge in [-0.3, -0.25) is 0 Å². The van der Waals surface area contributed by atoms with Gasteiger partial charge in [-0.05, 0) is 27.2 Å². The van der Waals surface area contributed by atoms with Gasteiger partial charge in [-0.2, -0.15) is 15.0 Å². The smallest absolute Gasteiger partial charge is 0.231 e. The molecule has 1 aromatic rings. The molecule has 1 heterocycles. The number of nitrogens with zero attached hydrogens (tertiary/aromatic N) is 4. The molecule has 7 heteroatoms. The molecule has 7 nitrogen and oxygen atoms in total. The van der Waals surface area contributed by atoms with Crippen LogP contribution in [0.2, 0.25) is 0 Å². The molecule has 0 amide bonds. The van der Waals surface area contributed by atoms with E-state index in [1.807, 2.05) is 6.92 Å². The molecule has 0 fully saturated rings. The highest BCUT2D eigenvalue weighted by Crippen LogP contribution is 2.13. The monoisotopic (exact) mass is 296 g/mol. The fourth-order valence-electron chi connectivity index (χ4n) is 1.79. The van der Waals surface area contributed by atoms with Crippen LogP contribution in [-0.2, 0) is 4.74 Å². The third-order valence-electron chi connectivity index (χ3n) is 2.94. The second kappa shape index (κ2) is 10.1. The summed E-state index contributed by atoms with van der Waals surface area (Å²) in [4.78, 5) is 15.5. The molecule has 0 aliphatic rings. The van der Waals surface area contributed by atoms with Crippen LogP contribution in [0.25, 0.3) is 0 Å². The number of hydrogen-bond acceptors (Lipinski definition) is 7. The predicted molar refractivity (Wildman–Crippen MR) is 87.2 cm³/mol. The molecule has 0 aliphatic heterocycles. The average molecular weight is 296 g/mol.